The van der Waals surface area contributed by atoms with Crippen LogP contribution in [0.15, 0.2) is 0 Å². The molecule has 8 heteroatoms. The van der Waals surface area contributed by atoms with Crippen molar-refractivity contribution in [1.29, 1.82) is 0 Å². The maximum Gasteiger partial charge on any atom is 0.237 e. The lowest BCUT2D eigenvalue weighted by Crippen LogP contribution is -2.52. The molecule has 130 valence electrons. The molecule has 6 nitrogen and oxygen atoms in total. The number of carbonyl (C=O) groups excluding carboxylic acids is 2. The van der Waals surface area contributed by atoms with Gasteiger partial charge in [-0.25, -0.2) is 0 Å². The molecule has 0 saturated carbocycles. The van der Waals surface area contributed by atoms with Crippen LogP contribution in [-0.2, 0) is 9.59 Å². The van der Waals surface area contributed by atoms with E-state index in [-0.39, 0.29) is 48.7 Å². The third-order valence-electron chi connectivity index (χ3n) is 4.21. The van der Waals surface area contributed by atoms with Gasteiger partial charge in [0.05, 0.1) is 12.6 Å². The molecule has 2 amide bonds. The highest BCUT2D eigenvalue weighted by molar-refractivity contribution is 5.85. The Labute approximate surface area is 145 Å². The number of nitrogens with zero attached hydrogens (tertiary/aromatic N) is 1. The maximum atomic E-state index is 12.1. The van der Waals surface area contributed by atoms with Crippen molar-refractivity contribution < 1.29 is 9.59 Å². The molecule has 0 aromatic carbocycles. The van der Waals surface area contributed by atoms with Gasteiger partial charge in [-0.05, 0) is 32.2 Å². The van der Waals surface area contributed by atoms with Crippen molar-refractivity contribution in [3.8, 4) is 0 Å². The van der Waals surface area contributed by atoms with Gasteiger partial charge in [-0.2, -0.15) is 0 Å². The molecule has 2 aliphatic rings. The topological polar surface area (TPSA) is 73.5 Å². The zero-order valence-electron chi connectivity index (χ0n) is 13.1. The summed E-state index contributed by atoms with van der Waals surface area (Å²) < 4.78 is 0. The third kappa shape index (κ3) is 6.69. The van der Waals surface area contributed by atoms with Gasteiger partial charge in [0.2, 0.25) is 11.8 Å². The Morgan fingerprint density at radius 2 is 1.82 bits per heavy atom. The van der Waals surface area contributed by atoms with Crippen LogP contribution in [0.3, 0.4) is 0 Å². The second-order valence-corrected chi connectivity index (χ2v) is 5.73. The van der Waals surface area contributed by atoms with Gasteiger partial charge in [0.15, 0.2) is 0 Å². The van der Waals surface area contributed by atoms with E-state index in [0.717, 1.165) is 45.3 Å². The normalized spacial score (nSPS) is 22.9. The predicted molar refractivity (Wildman–Crippen MR) is 91.8 cm³/mol. The Morgan fingerprint density at radius 1 is 1.14 bits per heavy atom. The van der Waals surface area contributed by atoms with Crippen LogP contribution in [0, 0.1) is 0 Å². The van der Waals surface area contributed by atoms with Crippen LogP contribution in [0.25, 0.3) is 0 Å². The van der Waals surface area contributed by atoms with E-state index < -0.39 is 0 Å². The number of rotatable bonds is 4. The summed E-state index contributed by atoms with van der Waals surface area (Å²) in [6.07, 6.45) is 5.10. The minimum Gasteiger partial charge on any atom is -0.358 e. The van der Waals surface area contributed by atoms with E-state index in [2.05, 4.69) is 20.9 Å². The monoisotopic (exact) mass is 354 g/mol. The fourth-order valence-corrected chi connectivity index (χ4v) is 2.89. The molecule has 0 aromatic rings. The molecule has 0 bridgehead atoms. The number of likely N-dealkylation sites (tertiary alicyclic amines) is 1. The summed E-state index contributed by atoms with van der Waals surface area (Å²) in [5, 5.41) is 9.06. The molecule has 22 heavy (non-hydrogen) atoms. The van der Waals surface area contributed by atoms with Crippen molar-refractivity contribution in [3.05, 3.63) is 0 Å². The first kappa shape index (κ1) is 21.4. The lowest BCUT2D eigenvalue weighted by Gasteiger charge is -2.33. The van der Waals surface area contributed by atoms with Gasteiger partial charge in [-0.1, -0.05) is 6.42 Å². The summed E-state index contributed by atoms with van der Waals surface area (Å²) in [7, 11) is 1.66. The largest absolute Gasteiger partial charge is 0.358 e. The number of amides is 2. The summed E-state index contributed by atoms with van der Waals surface area (Å²) in [6, 6.07) is 0.250. The second-order valence-electron chi connectivity index (χ2n) is 5.73. The van der Waals surface area contributed by atoms with Crippen molar-refractivity contribution >= 4 is 36.6 Å². The zero-order valence-corrected chi connectivity index (χ0v) is 14.7. The van der Waals surface area contributed by atoms with Crippen LogP contribution in [0.5, 0.6) is 0 Å². The zero-order chi connectivity index (χ0) is 14.4. The van der Waals surface area contributed by atoms with Crippen LogP contribution >= 0.6 is 24.8 Å². The summed E-state index contributed by atoms with van der Waals surface area (Å²) in [4.78, 5) is 25.6. The van der Waals surface area contributed by atoms with Crippen molar-refractivity contribution in [2.24, 2.45) is 0 Å². The lowest BCUT2D eigenvalue weighted by atomic mass is 10.0. The summed E-state index contributed by atoms with van der Waals surface area (Å²) in [5.74, 6) is 0.202. The molecule has 2 rings (SSSR count). The van der Waals surface area contributed by atoms with Crippen molar-refractivity contribution in [1.82, 2.24) is 20.9 Å². The number of halogens is 2. The first-order valence-electron chi connectivity index (χ1n) is 7.65. The highest BCUT2D eigenvalue weighted by Crippen LogP contribution is 2.12. The summed E-state index contributed by atoms with van der Waals surface area (Å²) in [6.45, 7) is 3.15. The van der Waals surface area contributed by atoms with E-state index in [1.807, 2.05) is 0 Å². The van der Waals surface area contributed by atoms with Gasteiger partial charge in [0.25, 0.3) is 0 Å². The summed E-state index contributed by atoms with van der Waals surface area (Å²) in [5.41, 5.74) is 0. The van der Waals surface area contributed by atoms with Gasteiger partial charge in [0, 0.05) is 26.2 Å². The highest BCUT2D eigenvalue weighted by atomic mass is 35.5. The third-order valence-corrected chi connectivity index (χ3v) is 4.21. The first-order valence-corrected chi connectivity index (χ1v) is 7.65. The van der Waals surface area contributed by atoms with Crippen LogP contribution in [0.2, 0.25) is 0 Å². The van der Waals surface area contributed by atoms with Gasteiger partial charge < -0.3 is 16.0 Å². The fourth-order valence-electron chi connectivity index (χ4n) is 2.89. The molecule has 1 unspecified atom stereocenters. The van der Waals surface area contributed by atoms with Gasteiger partial charge in [-0.3, -0.25) is 14.5 Å². The smallest absolute Gasteiger partial charge is 0.237 e. The van der Waals surface area contributed by atoms with Crippen LogP contribution < -0.4 is 16.0 Å². The molecule has 2 fully saturated rings. The van der Waals surface area contributed by atoms with E-state index >= 15 is 0 Å². The fraction of sp³-hybridized carbons (Fsp3) is 0.857. The Kier molecular flexibility index (Phi) is 10.8. The minimum absolute atomic E-state index is 0. The average Bonchev–Trinajstić information content (AvgIpc) is 2.50. The highest BCUT2D eigenvalue weighted by Gasteiger charge is 2.25. The lowest BCUT2D eigenvalue weighted by molar-refractivity contribution is -0.125. The van der Waals surface area contributed by atoms with Crippen LogP contribution in [-0.4, -0.2) is 62.0 Å². The van der Waals surface area contributed by atoms with Gasteiger partial charge >= 0.3 is 0 Å². The summed E-state index contributed by atoms with van der Waals surface area (Å²) >= 11 is 0. The molecule has 3 N–H and O–H groups in total. The van der Waals surface area contributed by atoms with E-state index in [1.165, 1.54) is 6.42 Å². The molecule has 0 spiro atoms. The maximum absolute atomic E-state index is 12.1. The Morgan fingerprint density at radius 3 is 2.36 bits per heavy atom. The average molecular weight is 355 g/mol. The molecule has 0 radical (unpaired) electrons. The number of hydrogen-bond acceptors (Lipinski definition) is 4. The molecule has 2 saturated heterocycles. The Hall–Kier alpha value is -0.560. The molecular weight excluding hydrogens is 327 g/mol. The number of likely N-dealkylation sites (N-methyl/N-ethyl adjacent to an activating group) is 1. The molecule has 2 aliphatic heterocycles. The van der Waals surface area contributed by atoms with Crippen LogP contribution in [0.1, 0.15) is 32.1 Å². The standard InChI is InChI=1S/C14H26N4O2.2ClH/c1-15-13(19)10-18-8-5-11(6-9-18)17-14(20)12-4-2-3-7-16-12;;/h11-12,16H,2-10H2,1H3,(H,15,19)(H,17,20);2*1H. The van der Waals surface area contributed by atoms with Gasteiger partial charge in [0.1, 0.15) is 0 Å². The second kappa shape index (κ2) is 11.0. The van der Waals surface area contributed by atoms with Crippen LogP contribution in [0.4, 0.5) is 0 Å². The van der Waals surface area contributed by atoms with Crippen molar-refractivity contribution in [2.75, 3.05) is 33.2 Å². The van der Waals surface area contributed by atoms with Crippen molar-refractivity contribution in [3.63, 3.8) is 0 Å². The van der Waals surface area contributed by atoms with Gasteiger partial charge in [-0.15, -0.1) is 24.8 Å². The number of hydrogen-bond donors (Lipinski definition) is 3. The molecule has 0 aliphatic carbocycles. The van der Waals surface area contributed by atoms with E-state index in [9.17, 15) is 9.59 Å². The quantitative estimate of drug-likeness (QED) is 0.678. The Bertz CT molecular complexity index is 344. The SMILES string of the molecule is CNC(=O)CN1CCC(NC(=O)C2CCCCN2)CC1.Cl.Cl. The minimum atomic E-state index is -0.00681. The van der Waals surface area contributed by atoms with E-state index in [4.69, 9.17) is 0 Å². The molecule has 2 heterocycles. The Balaban J connectivity index is 0.00000220. The number of piperidine rings is 2. The van der Waals surface area contributed by atoms with E-state index in [1.54, 1.807) is 7.05 Å². The number of carbonyl (C=O) groups is 2. The molecule has 1 atom stereocenters. The number of nitrogens with one attached hydrogen (secondary N) is 3. The van der Waals surface area contributed by atoms with Crippen molar-refractivity contribution in [2.45, 2.75) is 44.2 Å². The molecular formula is C14H28Cl2N4O2. The first-order chi connectivity index (χ1) is 9.69. The van der Waals surface area contributed by atoms with E-state index in [0.29, 0.717) is 6.54 Å². The predicted octanol–water partition coefficient (Wildman–Crippen LogP) is 0.299. The molecule has 0 aromatic heterocycles.